The molecule has 3 rings (SSSR count). The number of rotatable bonds is 6. The first-order chi connectivity index (χ1) is 13.5. The summed E-state index contributed by atoms with van der Waals surface area (Å²) in [7, 11) is 0. The second kappa shape index (κ2) is 9.08. The summed E-state index contributed by atoms with van der Waals surface area (Å²) < 4.78 is 0. The first kappa shape index (κ1) is 20.2. The van der Waals surface area contributed by atoms with E-state index in [1.54, 1.807) is 0 Å². The van der Waals surface area contributed by atoms with Crippen molar-refractivity contribution >= 4 is 17.9 Å². The van der Waals surface area contributed by atoms with Crippen LogP contribution in [0.5, 0.6) is 0 Å². The summed E-state index contributed by atoms with van der Waals surface area (Å²) >= 11 is 0. The van der Waals surface area contributed by atoms with Gasteiger partial charge in [-0.3, -0.25) is 9.59 Å². The van der Waals surface area contributed by atoms with Gasteiger partial charge in [0.25, 0.3) is 0 Å². The third kappa shape index (κ3) is 4.46. The van der Waals surface area contributed by atoms with E-state index in [0.717, 1.165) is 37.7 Å². The van der Waals surface area contributed by atoms with Gasteiger partial charge in [0.15, 0.2) is 0 Å². The third-order valence-electron chi connectivity index (χ3n) is 6.24. The Bertz CT molecular complexity index is 709. The van der Waals surface area contributed by atoms with Crippen molar-refractivity contribution < 1.29 is 19.5 Å². The molecule has 152 valence electrons. The van der Waals surface area contributed by atoms with Gasteiger partial charge in [0.1, 0.15) is 5.92 Å². The number of benzene rings is 1. The minimum Gasteiger partial charge on any atom is -0.465 e. The highest BCUT2D eigenvalue weighted by atomic mass is 16.4. The summed E-state index contributed by atoms with van der Waals surface area (Å²) in [4.78, 5) is 38.2. The number of hydrogen-bond donors (Lipinski definition) is 3. The average molecular weight is 387 g/mol. The van der Waals surface area contributed by atoms with E-state index in [-0.39, 0.29) is 5.92 Å². The zero-order valence-corrected chi connectivity index (χ0v) is 16.0. The summed E-state index contributed by atoms with van der Waals surface area (Å²) in [6.07, 6.45) is 4.30. The van der Waals surface area contributed by atoms with Crippen LogP contribution in [-0.4, -0.2) is 47.0 Å². The molecule has 4 unspecified atom stereocenters. The zero-order chi connectivity index (χ0) is 20.1. The lowest BCUT2D eigenvalue weighted by atomic mass is 9.67. The number of piperidine rings is 1. The fraction of sp³-hybridized carbons (Fsp3) is 0.571. The van der Waals surface area contributed by atoms with Crippen LogP contribution in [0.4, 0.5) is 4.79 Å². The molecule has 2 aliphatic rings. The molecule has 0 spiro atoms. The highest BCUT2D eigenvalue weighted by Gasteiger charge is 2.49. The lowest BCUT2D eigenvalue weighted by molar-refractivity contribution is -0.139. The van der Waals surface area contributed by atoms with E-state index in [4.69, 9.17) is 5.73 Å². The van der Waals surface area contributed by atoms with Crippen molar-refractivity contribution in [3.05, 3.63) is 35.9 Å². The van der Waals surface area contributed by atoms with Gasteiger partial charge in [-0.1, -0.05) is 49.6 Å². The normalized spacial score (nSPS) is 25.4. The summed E-state index contributed by atoms with van der Waals surface area (Å²) in [5, 5.41) is 12.5. The number of carbonyl (C=O) groups is 3. The first-order valence-electron chi connectivity index (χ1n) is 10.1. The molecular weight excluding hydrogens is 358 g/mol. The molecule has 1 heterocycles. The smallest absolute Gasteiger partial charge is 0.407 e. The number of carboxylic acid groups (broad SMARTS) is 1. The number of fused-ring (bicyclic) bond motifs is 1. The van der Waals surface area contributed by atoms with E-state index in [2.05, 4.69) is 5.32 Å². The van der Waals surface area contributed by atoms with Crippen molar-refractivity contribution in [1.82, 2.24) is 10.2 Å². The second-order valence-corrected chi connectivity index (χ2v) is 7.87. The van der Waals surface area contributed by atoms with Gasteiger partial charge in [-0.05, 0) is 36.7 Å². The van der Waals surface area contributed by atoms with E-state index < -0.39 is 29.9 Å². The number of nitrogens with zero attached hydrogens (tertiary/aromatic N) is 1. The molecule has 7 heteroatoms. The van der Waals surface area contributed by atoms with Crippen molar-refractivity contribution in [3.63, 3.8) is 0 Å². The second-order valence-electron chi connectivity index (χ2n) is 7.87. The molecule has 4 N–H and O–H groups in total. The highest BCUT2D eigenvalue weighted by Crippen LogP contribution is 2.42. The van der Waals surface area contributed by atoms with Crippen LogP contribution in [0.1, 0.15) is 37.7 Å². The maximum Gasteiger partial charge on any atom is 0.407 e. The number of amides is 3. The van der Waals surface area contributed by atoms with Crippen molar-refractivity contribution in [2.75, 3.05) is 13.1 Å². The minimum atomic E-state index is -1.15. The van der Waals surface area contributed by atoms with Gasteiger partial charge >= 0.3 is 6.09 Å². The number of nitrogens with two attached hydrogens (primary N) is 1. The molecule has 1 saturated carbocycles. The predicted molar refractivity (Wildman–Crippen MR) is 104 cm³/mol. The molecule has 0 aromatic heterocycles. The maximum absolute atomic E-state index is 12.9. The number of nitrogens with one attached hydrogen (secondary N) is 1. The van der Waals surface area contributed by atoms with Crippen LogP contribution in [0, 0.1) is 17.8 Å². The van der Waals surface area contributed by atoms with Crippen molar-refractivity contribution in [2.24, 2.45) is 23.5 Å². The van der Waals surface area contributed by atoms with Gasteiger partial charge in [0.2, 0.25) is 11.8 Å². The molecule has 1 aromatic carbocycles. The number of hydrogen-bond acceptors (Lipinski definition) is 3. The number of primary amides is 1. The van der Waals surface area contributed by atoms with Crippen LogP contribution in [-0.2, 0) is 16.0 Å². The molecule has 3 amide bonds. The van der Waals surface area contributed by atoms with E-state index in [9.17, 15) is 19.5 Å². The maximum atomic E-state index is 12.9. The third-order valence-corrected chi connectivity index (χ3v) is 6.24. The van der Waals surface area contributed by atoms with Gasteiger partial charge in [0.05, 0.1) is 6.04 Å². The molecule has 0 bridgehead atoms. The van der Waals surface area contributed by atoms with E-state index in [1.165, 1.54) is 4.90 Å². The topological polar surface area (TPSA) is 113 Å². The molecule has 28 heavy (non-hydrogen) atoms. The Morgan fingerprint density at radius 3 is 2.54 bits per heavy atom. The summed E-state index contributed by atoms with van der Waals surface area (Å²) in [5.41, 5.74) is 6.70. The van der Waals surface area contributed by atoms with E-state index in [0.29, 0.717) is 25.4 Å². The monoisotopic (exact) mass is 387 g/mol. The van der Waals surface area contributed by atoms with Gasteiger partial charge in [-0.25, -0.2) is 4.79 Å². The highest BCUT2D eigenvalue weighted by molar-refractivity contribution is 6.00. The predicted octanol–water partition coefficient (Wildman–Crippen LogP) is 2.01. The quantitative estimate of drug-likeness (QED) is 0.648. The van der Waals surface area contributed by atoms with Crippen LogP contribution in [0.2, 0.25) is 0 Å². The molecule has 1 aliphatic heterocycles. The summed E-state index contributed by atoms with van der Waals surface area (Å²) in [5.74, 6) is -2.01. The Morgan fingerprint density at radius 2 is 1.86 bits per heavy atom. The molecule has 0 radical (unpaired) electrons. The Labute approximate surface area is 165 Å². The van der Waals surface area contributed by atoms with Gasteiger partial charge in [0, 0.05) is 13.1 Å². The van der Waals surface area contributed by atoms with Crippen LogP contribution < -0.4 is 11.1 Å². The molecule has 1 aliphatic carbocycles. The molecule has 7 nitrogen and oxygen atoms in total. The number of likely N-dealkylation sites (tertiary alicyclic amines) is 1. The van der Waals surface area contributed by atoms with Gasteiger partial charge in [-0.15, -0.1) is 0 Å². The summed E-state index contributed by atoms with van der Waals surface area (Å²) in [6, 6.07) is 9.05. The average Bonchev–Trinajstić information content (AvgIpc) is 2.68. The lowest BCUT2D eigenvalue weighted by Crippen LogP contribution is -2.61. The number of carbonyl (C=O) groups excluding carboxylic acids is 2. The molecule has 1 saturated heterocycles. The Hall–Kier alpha value is -2.57. The first-order valence-corrected chi connectivity index (χ1v) is 10.1. The van der Waals surface area contributed by atoms with Gasteiger partial charge < -0.3 is 21.1 Å². The minimum absolute atomic E-state index is 0.0102. The lowest BCUT2D eigenvalue weighted by Gasteiger charge is -2.48. The Morgan fingerprint density at radius 1 is 1.14 bits per heavy atom. The standard InChI is InChI=1S/C21H29N3O4/c22-19(25)17(20(26)23-12-10-14-6-2-1-3-7-14)18-16-9-5-4-8-15(16)11-13-24(18)21(27)28/h1-3,6-7,15-18H,4-5,8-13H2,(H2,22,25)(H,23,26)(H,27,28). The molecular formula is C21H29N3O4. The Balaban J connectivity index is 1.74. The fourth-order valence-corrected chi connectivity index (χ4v) is 4.92. The van der Waals surface area contributed by atoms with Crippen LogP contribution in [0.25, 0.3) is 0 Å². The van der Waals surface area contributed by atoms with Crippen molar-refractivity contribution in [1.29, 1.82) is 0 Å². The van der Waals surface area contributed by atoms with Crippen LogP contribution in [0.15, 0.2) is 30.3 Å². The molecule has 4 atom stereocenters. The molecule has 1 aromatic rings. The Kier molecular flexibility index (Phi) is 6.54. The van der Waals surface area contributed by atoms with E-state index >= 15 is 0 Å². The molecule has 2 fully saturated rings. The van der Waals surface area contributed by atoms with Crippen LogP contribution >= 0.6 is 0 Å². The van der Waals surface area contributed by atoms with Crippen LogP contribution in [0.3, 0.4) is 0 Å². The van der Waals surface area contributed by atoms with Gasteiger partial charge in [-0.2, -0.15) is 0 Å². The largest absolute Gasteiger partial charge is 0.465 e. The van der Waals surface area contributed by atoms with Crippen molar-refractivity contribution in [3.8, 4) is 0 Å². The fourth-order valence-electron chi connectivity index (χ4n) is 4.92. The van der Waals surface area contributed by atoms with Crippen molar-refractivity contribution in [2.45, 2.75) is 44.6 Å². The zero-order valence-electron chi connectivity index (χ0n) is 16.0. The summed E-state index contributed by atoms with van der Waals surface area (Å²) in [6.45, 7) is 0.725. The van der Waals surface area contributed by atoms with E-state index in [1.807, 2.05) is 30.3 Å². The SMILES string of the molecule is NC(=O)C(C(=O)NCCc1ccccc1)C1C2CCCCC2CCN1C(=O)O.